The van der Waals surface area contributed by atoms with Crippen LogP contribution in [0.3, 0.4) is 0 Å². The van der Waals surface area contributed by atoms with Crippen LogP contribution in [0.4, 0.5) is 0 Å². The molecule has 0 radical (unpaired) electrons. The first kappa shape index (κ1) is 9.26. The molecule has 15 heavy (non-hydrogen) atoms. The molecule has 0 spiro atoms. The van der Waals surface area contributed by atoms with E-state index in [2.05, 4.69) is 15.0 Å². The minimum absolute atomic E-state index is 0.552. The van der Waals surface area contributed by atoms with Crippen LogP contribution in [0, 0.1) is 0 Å². The average Bonchev–Trinajstić information content (AvgIpc) is 2.76. The van der Waals surface area contributed by atoms with Gasteiger partial charge in [0.15, 0.2) is 0 Å². The van der Waals surface area contributed by atoms with E-state index >= 15 is 0 Å². The van der Waals surface area contributed by atoms with Gasteiger partial charge >= 0.3 is 0 Å². The van der Waals surface area contributed by atoms with Crippen LogP contribution in [0.15, 0.2) is 37.1 Å². The van der Waals surface area contributed by atoms with Gasteiger partial charge in [-0.2, -0.15) is 0 Å². The molecule has 74 valence electrons. The summed E-state index contributed by atoms with van der Waals surface area (Å²) in [6, 6.07) is 1.74. The first-order valence-electron chi connectivity index (χ1n) is 4.33. The molecule has 5 nitrogen and oxygen atoms in total. The highest BCUT2D eigenvalue weighted by molar-refractivity contribution is 5.72. The third-order valence-electron chi connectivity index (χ3n) is 1.73. The Hall–Kier alpha value is -2.30. The maximum absolute atomic E-state index is 10.1. The molecule has 2 heterocycles. The highest BCUT2D eigenvalue weighted by Gasteiger charge is 1.99. The summed E-state index contributed by atoms with van der Waals surface area (Å²) in [4.78, 5) is 22.3. The molecule has 0 aliphatic rings. The summed E-state index contributed by atoms with van der Waals surface area (Å²) in [5, 5.41) is 0. The minimum atomic E-state index is 0.552. The van der Waals surface area contributed by atoms with Crippen molar-refractivity contribution < 1.29 is 4.79 Å². The van der Waals surface area contributed by atoms with E-state index in [1.807, 2.05) is 0 Å². The number of carbonyl (C=O) groups excluding carboxylic acids is 1. The van der Waals surface area contributed by atoms with E-state index in [4.69, 9.17) is 0 Å². The van der Waals surface area contributed by atoms with Crippen molar-refractivity contribution in [3.05, 3.63) is 42.8 Å². The Morgan fingerprint density at radius 1 is 1.20 bits per heavy atom. The van der Waals surface area contributed by atoms with Crippen LogP contribution in [-0.2, 0) is 4.79 Å². The van der Waals surface area contributed by atoms with Gasteiger partial charge in [0.1, 0.15) is 12.6 Å². The van der Waals surface area contributed by atoms with Crippen molar-refractivity contribution in [1.82, 2.24) is 19.5 Å². The van der Waals surface area contributed by atoms with E-state index in [1.165, 1.54) is 6.08 Å². The summed E-state index contributed by atoms with van der Waals surface area (Å²) in [7, 11) is 0. The van der Waals surface area contributed by atoms with Crippen molar-refractivity contribution in [2.45, 2.75) is 0 Å². The molecule has 0 saturated heterocycles. The van der Waals surface area contributed by atoms with Crippen LogP contribution in [-0.4, -0.2) is 25.8 Å². The van der Waals surface area contributed by atoms with Crippen molar-refractivity contribution in [2.24, 2.45) is 0 Å². The number of carbonyl (C=O) groups is 1. The summed E-state index contributed by atoms with van der Waals surface area (Å²) >= 11 is 0. The maximum atomic E-state index is 10.1. The first-order valence-corrected chi connectivity index (χ1v) is 4.33. The molecule has 0 N–H and O–H groups in total. The fraction of sp³-hybridized carbons (Fsp3) is 0. The number of rotatable bonds is 3. The number of allylic oxidation sites excluding steroid dienone is 1. The van der Waals surface area contributed by atoms with Gasteiger partial charge in [0, 0.05) is 18.6 Å². The number of aldehydes is 1. The molecular weight excluding hydrogens is 192 g/mol. The van der Waals surface area contributed by atoms with E-state index in [9.17, 15) is 4.79 Å². The normalized spacial score (nSPS) is 10.7. The van der Waals surface area contributed by atoms with Crippen LogP contribution in [0.2, 0.25) is 0 Å². The summed E-state index contributed by atoms with van der Waals surface area (Å²) in [5.41, 5.74) is 0.689. The second kappa shape index (κ2) is 4.28. The summed E-state index contributed by atoms with van der Waals surface area (Å²) in [5.74, 6) is 0.552. The van der Waals surface area contributed by atoms with Crippen molar-refractivity contribution in [3.8, 4) is 5.95 Å². The van der Waals surface area contributed by atoms with E-state index < -0.39 is 0 Å². The Morgan fingerprint density at radius 3 is 2.73 bits per heavy atom. The van der Waals surface area contributed by atoms with Gasteiger partial charge in [0.05, 0.1) is 5.69 Å². The topological polar surface area (TPSA) is 60.7 Å². The second-order valence-electron chi connectivity index (χ2n) is 2.75. The van der Waals surface area contributed by atoms with Gasteiger partial charge in [-0.15, -0.1) is 0 Å². The smallest absolute Gasteiger partial charge is 0.234 e. The molecule has 2 aromatic rings. The lowest BCUT2D eigenvalue weighted by molar-refractivity contribution is -0.104. The third-order valence-corrected chi connectivity index (χ3v) is 1.73. The molecule has 2 rings (SSSR count). The highest BCUT2D eigenvalue weighted by Crippen LogP contribution is 2.03. The predicted molar refractivity (Wildman–Crippen MR) is 54.3 cm³/mol. The third kappa shape index (κ3) is 2.14. The fourth-order valence-electron chi connectivity index (χ4n) is 1.10. The van der Waals surface area contributed by atoms with E-state index in [-0.39, 0.29) is 0 Å². The zero-order valence-electron chi connectivity index (χ0n) is 7.82. The Morgan fingerprint density at radius 2 is 2.00 bits per heavy atom. The quantitative estimate of drug-likeness (QED) is 0.545. The van der Waals surface area contributed by atoms with Gasteiger partial charge in [-0.05, 0) is 18.2 Å². The zero-order chi connectivity index (χ0) is 10.5. The van der Waals surface area contributed by atoms with Crippen molar-refractivity contribution >= 4 is 12.4 Å². The van der Waals surface area contributed by atoms with E-state index in [0.29, 0.717) is 17.9 Å². The monoisotopic (exact) mass is 200 g/mol. The first-order chi connectivity index (χ1) is 7.40. The van der Waals surface area contributed by atoms with E-state index in [0.717, 1.165) is 0 Å². The molecule has 5 heteroatoms. The highest BCUT2D eigenvalue weighted by atomic mass is 16.1. The second-order valence-corrected chi connectivity index (χ2v) is 2.75. The number of hydrogen-bond acceptors (Lipinski definition) is 4. The number of aromatic nitrogens is 4. The largest absolute Gasteiger partial charge is 0.299 e. The van der Waals surface area contributed by atoms with Crippen LogP contribution >= 0.6 is 0 Å². The van der Waals surface area contributed by atoms with Gasteiger partial charge in [0.2, 0.25) is 5.95 Å². The van der Waals surface area contributed by atoms with Gasteiger partial charge in [-0.1, -0.05) is 0 Å². The lowest BCUT2D eigenvalue weighted by Crippen LogP contribution is -1.96. The molecular formula is C10H8N4O. The standard InChI is InChI=1S/C10H8N4O/c15-6-1-3-9-7-14(8-13-9)10-11-4-2-5-12-10/h1-8H/b3-1+. The average molecular weight is 200 g/mol. The summed E-state index contributed by atoms with van der Waals surface area (Å²) in [6.07, 6.45) is 10.4. The number of imidazole rings is 1. The fourth-order valence-corrected chi connectivity index (χ4v) is 1.10. The molecule has 0 aliphatic heterocycles. The van der Waals surface area contributed by atoms with Gasteiger partial charge in [-0.3, -0.25) is 9.36 Å². The minimum Gasteiger partial charge on any atom is -0.299 e. The molecule has 0 fully saturated rings. The molecule has 0 saturated carbocycles. The molecule has 0 aromatic carbocycles. The van der Waals surface area contributed by atoms with Crippen LogP contribution < -0.4 is 0 Å². The lowest BCUT2D eigenvalue weighted by atomic mass is 10.4. The number of hydrogen-bond donors (Lipinski definition) is 0. The van der Waals surface area contributed by atoms with E-state index in [1.54, 1.807) is 41.6 Å². The molecule has 0 amide bonds. The zero-order valence-corrected chi connectivity index (χ0v) is 7.82. The Balaban J connectivity index is 2.28. The molecule has 2 aromatic heterocycles. The van der Waals surface area contributed by atoms with Crippen LogP contribution in [0.25, 0.3) is 12.0 Å². The van der Waals surface area contributed by atoms with Crippen molar-refractivity contribution in [2.75, 3.05) is 0 Å². The SMILES string of the molecule is O=C/C=C/c1cn(-c2ncccn2)cn1. The lowest BCUT2D eigenvalue weighted by Gasteiger charge is -1.95. The van der Waals surface area contributed by atoms with Crippen molar-refractivity contribution in [1.29, 1.82) is 0 Å². The Labute approximate surface area is 86.1 Å². The van der Waals surface area contributed by atoms with Gasteiger partial charge < -0.3 is 0 Å². The predicted octanol–water partition coefficient (Wildman–Crippen LogP) is 0.874. The molecule has 0 bridgehead atoms. The molecule has 0 atom stereocenters. The molecule has 0 unspecified atom stereocenters. The summed E-state index contributed by atoms with van der Waals surface area (Å²) < 4.78 is 1.68. The van der Waals surface area contributed by atoms with Gasteiger partial charge in [0.25, 0.3) is 0 Å². The molecule has 0 aliphatic carbocycles. The maximum Gasteiger partial charge on any atom is 0.234 e. The Kier molecular flexibility index (Phi) is 2.64. The Bertz CT molecular complexity index is 475. The van der Waals surface area contributed by atoms with Crippen LogP contribution in [0.1, 0.15) is 5.69 Å². The van der Waals surface area contributed by atoms with Gasteiger partial charge in [-0.25, -0.2) is 15.0 Å². The number of nitrogens with zero attached hydrogens (tertiary/aromatic N) is 4. The van der Waals surface area contributed by atoms with Crippen LogP contribution in [0.5, 0.6) is 0 Å². The summed E-state index contributed by atoms with van der Waals surface area (Å²) in [6.45, 7) is 0. The van der Waals surface area contributed by atoms with Crippen molar-refractivity contribution in [3.63, 3.8) is 0 Å².